The van der Waals surface area contributed by atoms with Crippen LogP contribution >= 0.6 is 0 Å². The molecule has 1 aromatic rings. The molecule has 3 rings (SSSR count). The van der Waals surface area contributed by atoms with Gasteiger partial charge in [0.15, 0.2) is 11.5 Å². The van der Waals surface area contributed by atoms with Crippen molar-refractivity contribution in [3.05, 3.63) is 23.8 Å². The molecular weight excluding hydrogens is 258 g/mol. The minimum atomic E-state index is -0.281. The Kier molecular flexibility index (Phi) is 2.81. The highest BCUT2D eigenvalue weighted by atomic mass is 16.7. The van der Waals surface area contributed by atoms with Gasteiger partial charge in [0.05, 0.1) is 6.04 Å². The summed E-state index contributed by atoms with van der Waals surface area (Å²) in [4.78, 5) is 13.9. The van der Waals surface area contributed by atoms with Gasteiger partial charge >= 0.3 is 6.09 Å². The lowest BCUT2D eigenvalue weighted by atomic mass is 9.98. The second-order valence-electron chi connectivity index (χ2n) is 6.20. The molecule has 20 heavy (non-hydrogen) atoms. The van der Waals surface area contributed by atoms with Gasteiger partial charge in [-0.15, -0.1) is 0 Å². The summed E-state index contributed by atoms with van der Waals surface area (Å²) in [5.74, 6) is 1.44. The van der Waals surface area contributed by atoms with Crippen molar-refractivity contribution in [2.24, 2.45) is 0 Å². The maximum absolute atomic E-state index is 12.1. The first-order valence-corrected chi connectivity index (χ1v) is 6.77. The zero-order valence-corrected chi connectivity index (χ0v) is 12.2. The molecule has 0 bridgehead atoms. The third kappa shape index (κ3) is 1.97. The molecule has 1 saturated heterocycles. The molecule has 5 nitrogen and oxygen atoms in total. The number of amides is 1. The molecule has 0 saturated carbocycles. The maximum Gasteiger partial charge on any atom is 0.411 e. The third-order valence-electron chi connectivity index (χ3n) is 3.72. The van der Waals surface area contributed by atoms with Crippen LogP contribution < -0.4 is 9.47 Å². The van der Waals surface area contributed by atoms with E-state index in [9.17, 15) is 4.79 Å². The molecule has 1 amide bonds. The summed E-state index contributed by atoms with van der Waals surface area (Å²) >= 11 is 0. The highest BCUT2D eigenvalue weighted by Gasteiger charge is 2.45. The summed E-state index contributed by atoms with van der Waals surface area (Å²) in [6.07, 6.45) is -0.552. The molecule has 0 unspecified atom stereocenters. The lowest BCUT2D eigenvalue weighted by Gasteiger charge is -2.33. The van der Waals surface area contributed by atoms with Crippen LogP contribution in [0.2, 0.25) is 0 Å². The van der Waals surface area contributed by atoms with E-state index in [1.54, 1.807) is 4.90 Å². The van der Waals surface area contributed by atoms with Crippen LogP contribution in [-0.4, -0.2) is 29.4 Å². The van der Waals surface area contributed by atoms with Gasteiger partial charge in [-0.3, -0.25) is 4.90 Å². The topological polar surface area (TPSA) is 48.0 Å². The Labute approximate surface area is 118 Å². The smallest absolute Gasteiger partial charge is 0.411 e. The summed E-state index contributed by atoms with van der Waals surface area (Å²) in [6, 6.07) is 5.65. The minimum Gasteiger partial charge on any atom is -0.454 e. The van der Waals surface area contributed by atoms with E-state index in [0.717, 1.165) is 11.3 Å². The predicted octanol–water partition coefficient (Wildman–Crippen LogP) is 3.10. The molecule has 5 heteroatoms. The monoisotopic (exact) mass is 277 g/mol. The number of hydrogen-bond donors (Lipinski definition) is 0. The number of carbonyl (C=O) groups is 1. The molecule has 108 valence electrons. The number of ether oxygens (including phenoxy) is 3. The summed E-state index contributed by atoms with van der Waals surface area (Å²) in [5.41, 5.74) is 0.670. The van der Waals surface area contributed by atoms with E-state index in [-0.39, 0.29) is 30.6 Å². The average Bonchev–Trinajstić information content (AvgIpc) is 2.91. The lowest BCUT2D eigenvalue weighted by Crippen LogP contribution is -2.46. The molecule has 0 aromatic heterocycles. The molecule has 0 aliphatic carbocycles. The van der Waals surface area contributed by atoms with Gasteiger partial charge in [0.25, 0.3) is 0 Å². The number of carbonyl (C=O) groups excluding carboxylic acids is 1. The Hall–Kier alpha value is -1.91. The van der Waals surface area contributed by atoms with E-state index in [2.05, 4.69) is 0 Å². The minimum absolute atomic E-state index is 0.0251. The Morgan fingerprint density at radius 3 is 2.55 bits per heavy atom. The molecular formula is C15H19NO4. The number of hydrogen-bond acceptors (Lipinski definition) is 4. The normalized spacial score (nSPS) is 25.0. The molecule has 1 fully saturated rings. The van der Waals surface area contributed by atoms with Crippen molar-refractivity contribution < 1.29 is 19.0 Å². The van der Waals surface area contributed by atoms with Crippen molar-refractivity contribution in [3.8, 4) is 11.5 Å². The summed E-state index contributed by atoms with van der Waals surface area (Å²) < 4.78 is 16.2. The van der Waals surface area contributed by atoms with Crippen molar-refractivity contribution in [2.45, 2.75) is 45.4 Å². The summed E-state index contributed by atoms with van der Waals surface area (Å²) in [5, 5.41) is 0. The quantitative estimate of drug-likeness (QED) is 0.791. The number of cyclic esters (lactones) is 1. The zero-order valence-electron chi connectivity index (χ0n) is 12.2. The first-order chi connectivity index (χ1) is 9.38. The lowest BCUT2D eigenvalue weighted by molar-refractivity contribution is 0.119. The van der Waals surface area contributed by atoms with E-state index in [1.165, 1.54) is 0 Å². The second kappa shape index (κ2) is 4.30. The first-order valence-electron chi connectivity index (χ1n) is 6.77. The van der Waals surface area contributed by atoms with Gasteiger partial charge < -0.3 is 14.2 Å². The van der Waals surface area contributed by atoms with Crippen LogP contribution in [0, 0.1) is 0 Å². The van der Waals surface area contributed by atoms with E-state index < -0.39 is 0 Å². The van der Waals surface area contributed by atoms with Crippen LogP contribution in [0.25, 0.3) is 0 Å². The van der Waals surface area contributed by atoms with Crippen molar-refractivity contribution in [1.82, 2.24) is 4.90 Å². The van der Waals surface area contributed by atoms with E-state index in [0.29, 0.717) is 5.75 Å². The molecule has 0 radical (unpaired) electrons. The van der Waals surface area contributed by atoms with Gasteiger partial charge in [-0.1, -0.05) is 6.07 Å². The number of rotatable bonds is 1. The van der Waals surface area contributed by atoms with Crippen molar-refractivity contribution >= 4 is 6.09 Å². The van der Waals surface area contributed by atoms with E-state index >= 15 is 0 Å². The Balaban J connectivity index is 1.90. The fraction of sp³-hybridized carbons (Fsp3) is 0.533. The predicted molar refractivity (Wildman–Crippen MR) is 72.8 cm³/mol. The number of benzene rings is 1. The number of fused-ring (bicyclic) bond motifs is 1. The van der Waals surface area contributed by atoms with Gasteiger partial charge in [-0.05, 0) is 45.4 Å². The van der Waals surface area contributed by atoms with Gasteiger partial charge in [0.1, 0.15) is 6.10 Å². The Morgan fingerprint density at radius 2 is 1.90 bits per heavy atom. The van der Waals surface area contributed by atoms with E-state index in [1.807, 2.05) is 45.9 Å². The molecule has 2 aliphatic heterocycles. The SMILES string of the molecule is C[C@H]1[C@@H](c2ccc3c(c2)OCO3)OC(=O)N1C(C)(C)C. The van der Waals surface area contributed by atoms with Gasteiger partial charge in [0, 0.05) is 5.54 Å². The first kappa shape index (κ1) is 13.1. The molecule has 0 spiro atoms. The fourth-order valence-electron chi connectivity index (χ4n) is 2.89. The van der Waals surface area contributed by atoms with Gasteiger partial charge in [-0.2, -0.15) is 0 Å². The van der Waals surface area contributed by atoms with Crippen LogP contribution in [0.4, 0.5) is 4.79 Å². The van der Waals surface area contributed by atoms with Crippen LogP contribution in [0.1, 0.15) is 39.4 Å². The molecule has 2 aliphatic rings. The van der Waals surface area contributed by atoms with Crippen molar-refractivity contribution in [3.63, 3.8) is 0 Å². The van der Waals surface area contributed by atoms with Crippen LogP contribution in [-0.2, 0) is 4.74 Å². The van der Waals surface area contributed by atoms with Crippen molar-refractivity contribution in [1.29, 1.82) is 0 Å². The van der Waals surface area contributed by atoms with Crippen LogP contribution in [0.15, 0.2) is 18.2 Å². The Morgan fingerprint density at radius 1 is 1.20 bits per heavy atom. The number of nitrogens with zero attached hydrogens (tertiary/aromatic N) is 1. The maximum atomic E-state index is 12.1. The molecule has 2 heterocycles. The summed E-state index contributed by atoms with van der Waals surface area (Å²) in [7, 11) is 0. The largest absolute Gasteiger partial charge is 0.454 e. The average molecular weight is 277 g/mol. The standard InChI is InChI=1S/C15H19NO4/c1-9-13(20-14(17)16(9)15(2,3)4)10-5-6-11-12(7-10)19-8-18-11/h5-7,9,13H,8H2,1-4H3/t9-,13-/m0/s1. The second-order valence-corrected chi connectivity index (χ2v) is 6.20. The highest BCUT2D eigenvalue weighted by molar-refractivity contribution is 5.72. The zero-order chi connectivity index (χ0) is 14.5. The van der Waals surface area contributed by atoms with Crippen LogP contribution in [0.3, 0.4) is 0 Å². The van der Waals surface area contributed by atoms with Gasteiger partial charge in [-0.25, -0.2) is 4.79 Å². The van der Waals surface area contributed by atoms with Crippen molar-refractivity contribution in [2.75, 3.05) is 6.79 Å². The van der Waals surface area contributed by atoms with Gasteiger partial charge in [0.2, 0.25) is 6.79 Å². The third-order valence-corrected chi connectivity index (χ3v) is 3.72. The summed E-state index contributed by atoms with van der Waals surface area (Å²) in [6.45, 7) is 8.27. The fourth-order valence-corrected chi connectivity index (χ4v) is 2.89. The molecule has 1 aromatic carbocycles. The van der Waals surface area contributed by atoms with Crippen LogP contribution in [0.5, 0.6) is 11.5 Å². The molecule has 2 atom stereocenters. The Bertz CT molecular complexity index is 549. The molecule has 0 N–H and O–H groups in total. The van der Waals surface area contributed by atoms with E-state index in [4.69, 9.17) is 14.2 Å². The highest BCUT2D eigenvalue weighted by Crippen LogP contribution is 2.40.